The zero-order valence-electron chi connectivity index (χ0n) is 83.3. The van der Waals surface area contributed by atoms with Crippen LogP contribution in [0.15, 0.2) is 218 Å². The van der Waals surface area contributed by atoms with Gasteiger partial charge in [0.1, 0.15) is 39.6 Å². The van der Waals surface area contributed by atoms with E-state index in [1.54, 1.807) is 72.8 Å². The number of benzene rings is 9. The molecule has 0 bridgehead atoms. The van der Waals surface area contributed by atoms with Crippen LogP contribution in [0.1, 0.15) is 127 Å². The number of alkyl carbamates (subject to hydrolysis) is 1. The van der Waals surface area contributed by atoms with Gasteiger partial charge in [-0.05, 0) is 91.0 Å². The largest absolute Gasteiger partial charge is 1.00 e. The van der Waals surface area contributed by atoms with Crippen molar-refractivity contribution in [2.24, 2.45) is 5.73 Å². The smallest absolute Gasteiger partial charge is 0.587 e. The maximum atomic E-state index is 12.0. The van der Waals surface area contributed by atoms with Gasteiger partial charge in [-0.1, -0.05) is 217 Å². The second kappa shape index (κ2) is 75.9. The summed E-state index contributed by atoms with van der Waals surface area (Å²) < 4.78 is 76.8. The van der Waals surface area contributed by atoms with Gasteiger partial charge in [0.25, 0.3) is 23.6 Å². The number of carboxylic acids is 3. The third kappa shape index (κ3) is 45.4. The molecule has 9 aromatic rings. The van der Waals surface area contributed by atoms with E-state index < -0.39 is 35.8 Å². The van der Waals surface area contributed by atoms with Crippen LogP contribution in [0, 0.1) is 0 Å². The fraction of sp³-hybridized carbons (Fsp3) is 0.383. The number of nitrogens with one attached hydrogen (secondary N) is 1. The molecule has 800 valence electrons. The Morgan fingerprint density at radius 1 is 0.329 bits per heavy atom. The van der Waals surface area contributed by atoms with Gasteiger partial charge >= 0.3 is 87.3 Å². The molecule has 9 aromatic carbocycles. The van der Waals surface area contributed by atoms with Crippen molar-refractivity contribution < 1.29 is 211 Å². The number of hydrogen-bond donors (Lipinski definition) is 8. The van der Waals surface area contributed by atoms with E-state index in [0.717, 1.165) is 15.9 Å². The fourth-order valence-electron chi connectivity index (χ4n) is 14.9. The first kappa shape index (κ1) is 129. The molecule has 9 N–H and O–H groups in total. The maximum absolute atomic E-state index is 12.0. The van der Waals surface area contributed by atoms with E-state index >= 15 is 0 Å². The minimum Gasteiger partial charge on any atom is -0.587 e. The zero-order valence-corrected chi connectivity index (χ0v) is 90.1. The summed E-state index contributed by atoms with van der Waals surface area (Å²) in [4.78, 5) is 136. The number of ether oxygens (including phenoxy) is 15. The molecule has 6 aliphatic rings. The van der Waals surface area contributed by atoms with Crippen LogP contribution < -0.4 is 62.4 Å². The quantitative estimate of drug-likeness (QED) is 0.00336. The number of rotatable bonds is 51. The summed E-state index contributed by atoms with van der Waals surface area (Å²) >= 11 is 7.59. The number of imide groups is 3. The van der Waals surface area contributed by atoms with Gasteiger partial charge in [-0.3, -0.25) is 38.6 Å². The fourth-order valence-corrected chi connectivity index (χ4v) is 15.3. The van der Waals surface area contributed by atoms with E-state index in [0.29, 0.717) is 151 Å². The van der Waals surface area contributed by atoms with Gasteiger partial charge in [-0.15, -0.1) is 24.0 Å². The normalized spacial score (nSPS) is 12.4. The number of carbonyl (C=O) groups excluding carboxylic acids is 9. The number of hydrogen-bond acceptors (Lipinski definition) is 31. The van der Waals surface area contributed by atoms with Crippen LogP contribution in [0.25, 0.3) is 38.7 Å². The Bertz CT molecular complexity index is 5240. The summed E-state index contributed by atoms with van der Waals surface area (Å²) in [5.41, 5.74) is 22.4. The van der Waals surface area contributed by atoms with Crippen molar-refractivity contribution in [2.45, 2.75) is 31.6 Å². The van der Waals surface area contributed by atoms with Crippen LogP contribution in [0.5, 0.6) is 0 Å². The Morgan fingerprint density at radius 2 is 0.564 bits per heavy atom. The average molecular weight is 2250 g/mol. The number of carboxylic acid groups (broad SMARTS) is 3. The van der Waals surface area contributed by atoms with Gasteiger partial charge in [-0.2, -0.15) is 0 Å². The molecule has 0 aromatic heterocycles. The van der Waals surface area contributed by atoms with Crippen LogP contribution in [0.2, 0.25) is 0 Å². The molecule has 0 radical (unpaired) electrons. The van der Waals surface area contributed by atoms with Gasteiger partial charge in [0, 0.05) is 66.1 Å². The standard InChI is InChI=1S/C21H23NO6.2C16H14O2.C14H15NO6.C14H17NO5.C8H5NO2.C6H13ClO3.C6H13IO3.C6H13NO4.ClH.K/c23-20(24)14-27-12-11-26-10-9-22-21(25)28-13-19-17-7-3-1-5-15(17)16-6-2-4-8-18(16)19;2*1-11(17)18-10-16-14-8-4-2-6-12(14)13-7-3-5-9-15(13)16;16-12(17)9-21-8-7-20-6-5-15-13(18)10-3-1-2-4-11(10)14(15)19;16-6-8-20-10-9-19-7-5-15-13(17)11-3-1-2-4-12(11)14(15)18;10-7-5-3-1-2-4-6(5)8(11)9-7;2*7-1-3-9-5-6-10-4-2-8;7-1-2-10-3-4-11-5-6(8)9;;/h1-8,19H,9-14H2,(H,22,25)(H,23,24);2*2-9,16H,10H2,1H3;1-4H,5-9H2,(H,16,17);1-4,16H,5-10H2;1-4H,(H,9,10,11);2*8H,1-6H2;1-5,7H2,(H,8,9);1H;/q;;;;;;;;;;+1/p-1. The molecule has 0 saturated carbocycles. The maximum Gasteiger partial charge on any atom is 1.00 e. The molecule has 0 fully saturated rings. The number of aliphatic hydroxyl groups is 3. The molecule has 38 nitrogen and oxygen atoms in total. The first-order chi connectivity index (χ1) is 71.5. The minimum absolute atomic E-state index is 0. The third-order valence-corrected chi connectivity index (χ3v) is 21.9. The predicted molar refractivity (Wildman–Crippen MR) is 556 cm³/mol. The number of esters is 2. The van der Waals surface area contributed by atoms with E-state index in [1.807, 2.05) is 72.8 Å². The molecule has 7 amide bonds. The zero-order chi connectivity index (χ0) is 106. The van der Waals surface area contributed by atoms with Crippen molar-refractivity contribution >= 4 is 118 Å². The Labute approximate surface area is 931 Å². The van der Waals surface area contributed by atoms with Gasteiger partial charge in [0.05, 0.1) is 206 Å². The molecule has 0 unspecified atom stereocenters. The van der Waals surface area contributed by atoms with Crippen LogP contribution in [-0.4, -0.2) is 347 Å². The third-order valence-electron chi connectivity index (χ3n) is 21.3. The SMILES string of the molecule is CC(=O)OCC1c2ccccc2-c2ccccc21.CC(=O)OCC1c2ccccc2-c2ccccc21.Cl.NCCOCCOCC(=O)O.O=C(O)COCCOCCN1C(=O)c2ccccc2C1=O.O=C(O)COCCOCCNC(=O)OCC1c2ccccc2-c2ccccc21.O=C1[N-]C(=O)c2ccccc21.O=C1c2ccccc2C(=O)N1CCOCCOCCO.OCCOCCOCCCl.OCCOCCOCCI.[K+]. The van der Waals surface area contributed by atoms with E-state index in [2.05, 4.69) is 111 Å². The van der Waals surface area contributed by atoms with Gasteiger partial charge in [0.2, 0.25) is 0 Å². The molecule has 3 heterocycles. The molecule has 149 heavy (non-hydrogen) atoms. The Morgan fingerprint density at radius 3 is 0.826 bits per heavy atom. The van der Waals surface area contributed by atoms with E-state index in [9.17, 15) is 57.5 Å². The summed E-state index contributed by atoms with van der Waals surface area (Å²) in [6.45, 7) is 12.5. The first-order valence-corrected chi connectivity index (χ1v) is 49.3. The molecular formula is C107H127Cl2IKN5O33. The van der Waals surface area contributed by atoms with Gasteiger partial charge in [0.15, 0.2) is 0 Å². The second-order valence-corrected chi connectivity index (χ2v) is 32.8. The van der Waals surface area contributed by atoms with Crippen LogP contribution in [-0.2, 0) is 95.0 Å². The van der Waals surface area contributed by atoms with Crippen LogP contribution in [0.4, 0.5) is 4.79 Å². The summed E-state index contributed by atoms with van der Waals surface area (Å²) in [6.07, 6.45) is -0.493. The van der Waals surface area contributed by atoms with Crippen molar-refractivity contribution in [1.82, 2.24) is 15.1 Å². The van der Waals surface area contributed by atoms with Crippen molar-refractivity contribution in [3.63, 3.8) is 0 Å². The Kier molecular flexibility index (Phi) is 65.6. The molecule has 0 spiro atoms. The first-order valence-electron chi connectivity index (χ1n) is 47.2. The van der Waals surface area contributed by atoms with E-state index in [-0.39, 0.29) is 223 Å². The summed E-state index contributed by atoms with van der Waals surface area (Å²) in [5.74, 6) is -4.63. The average Bonchev–Trinajstić information content (AvgIpc) is 1.61. The van der Waals surface area contributed by atoms with Gasteiger partial charge in [-0.25, -0.2) is 19.2 Å². The number of alkyl halides is 2. The molecule has 0 atom stereocenters. The number of nitrogens with zero attached hydrogens (tertiary/aromatic N) is 3. The number of nitrogens with two attached hydrogens (primary N) is 1. The number of fused-ring (bicyclic) bond motifs is 12. The Hall–Kier alpha value is -10.7. The molecular weight excluding hydrogens is 2120 g/mol. The van der Waals surface area contributed by atoms with Crippen molar-refractivity contribution in [3.8, 4) is 33.4 Å². The minimum atomic E-state index is -1.04. The van der Waals surface area contributed by atoms with Crippen molar-refractivity contribution in [1.29, 1.82) is 0 Å². The number of aliphatic carboxylic acids is 3. The Balaban J connectivity index is 0.000000300. The molecule has 0 saturated heterocycles. The number of aliphatic hydroxyl groups excluding tert-OH is 3. The van der Waals surface area contributed by atoms with E-state index in [4.69, 9.17) is 114 Å². The summed E-state index contributed by atoms with van der Waals surface area (Å²) in [5, 5.41) is 55.9. The van der Waals surface area contributed by atoms with Crippen LogP contribution >= 0.6 is 46.6 Å². The summed E-state index contributed by atoms with van der Waals surface area (Å²) in [6, 6.07) is 69.7. The number of carbonyl (C=O) groups is 12. The predicted octanol–water partition coefficient (Wildman–Crippen LogP) is 8.62. The van der Waals surface area contributed by atoms with Crippen molar-refractivity contribution in [2.75, 3.05) is 235 Å². The van der Waals surface area contributed by atoms with Crippen LogP contribution in [0.3, 0.4) is 0 Å². The summed E-state index contributed by atoms with van der Waals surface area (Å²) in [7, 11) is 0. The number of halogens is 3. The van der Waals surface area contributed by atoms with Gasteiger partial charge < -0.3 is 128 Å². The monoisotopic (exact) mass is 2250 g/mol. The van der Waals surface area contributed by atoms with Crippen molar-refractivity contribution in [3.05, 3.63) is 290 Å². The molecule has 3 aliphatic carbocycles. The topological polar surface area (TPSA) is 523 Å². The molecule has 15 rings (SSSR count). The molecule has 3 aliphatic heterocycles. The molecule has 42 heteroatoms. The van der Waals surface area contributed by atoms with E-state index in [1.165, 1.54) is 85.5 Å². The number of amides is 7. The second-order valence-electron chi connectivity index (χ2n) is 31.4.